The van der Waals surface area contributed by atoms with Crippen molar-refractivity contribution in [2.45, 2.75) is 6.54 Å². The van der Waals surface area contributed by atoms with Crippen LogP contribution in [0.4, 0.5) is 5.69 Å². The molecular formula is C16H18N2O4. The Labute approximate surface area is 128 Å². The molecule has 0 saturated carbocycles. The highest BCUT2D eigenvalue weighted by atomic mass is 16.5. The number of amides is 1. The summed E-state index contributed by atoms with van der Waals surface area (Å²) in [5.41, 5.74) is 6.91. The molecule has 4 N–H and O–H groups in total. The molecule has 6 heteroatoms. The average molecular weight is 302 g/mol. The summed E-state index contributed by atoms with van der Waals surface area (Å²) in [5, 5.41) is 12.3. The van der Waals surface area contributed by atoms with Gasteiger partial charge in [0.15, 0.2) is 0 Å². The van der Waals surface area contributed by atoms with E-state index in [0.29, 0.717) is 23.6 Å². The minimum absolute atomic E-state index is 0.115. The number of phenols is 1. The van der Waals surface area contributed by atoms with Crippen LogP contribution in [-0.2, 0) is 6.54 Å². The molecule has 6 nitrogen and oxygen atoms in total. The second kappa shape index (κ2) is 6.71. The number of nitrogen functional groups attached to an aromatic ring is 1. The van der Waals surface area contributed by atoms with Gasteiger partial charge >= 0.3 is 0 Å². The molecule has 0 unspecified atom stereocenters. The third-order valence-corrected chi connectivity index (χ3v) is 3.16. The van der Waals surface area contributed by atoms with E-state index in [4.69, 9.17) is 15.2 Å². The Morgan fingerprint density at radius 1 is 1.14 bits per heavy atom. The first-order valence-corrected chi connectivity index (χ1v) is 6.62. The van der Waals surface area contributed by atoms with Crippen LogP contribution in [0.3, 0.4) is 0 Å². The van der Waals surface area contributed by atoms with E-state index in [2.05, 4.69) is 5.32 Å². The minimum Gasteiger partial charge on any atom is -0.506 e. The molecule has 0 atom stereocenters. The zero-order valence-corrected chi connectivity index (χ0v) is 12.4. The van der Waals surface area contributed by atoms with Crippen LogP contribution in [-0.4, -0.2) is 25.2 Å². The molecule has 0 aliphatic heterocycles. The van der Waals surface area contributed by atoms with Crippen molar-refractivity contribution < 1.29 is 19.4 Å². The topological polar surface area (TPSA) is 93.8 Å². The fourth-order valence-corrected chi connectivity index (χ4v) is 1.94. The number of anilines is 1. The third-order valence-electron chi connectivity index (χ3n) is 3.16. The van der Waals surface area contributed by atoms with Gasteiger partial charge in [-0.3, -0.25) is 4.79 Å². The highest BCUT2D eigenvalue weighted by Gasteiger charge is 2.09. The van der Waals surface area contributed by atoms with Crippen molar-refractivity contribution in [1.29, 1.82) is 0 Å². The lowest BCUT2D eigenvalue weighted by molar-refractivity contribution is 0.0950. The number of hydrogen-bond donors (Lipinski definition) is 3. The third kappa shape index (κ3) is 3.60. The predicted molar refractivity (Wildman–Crippen MR) is 83.2 cm³/mol. The summed E-state index contributed by atoms with van der Waals surface area (Å²) in [6.07, 6.45) is 0. The fourth-order valence-electron chi connectivity index (χ4n) is 1.94. The Morgan fingerprint density at radius 3 is 2.32 bits per heavy atom. The molecule has 0 aliphatic carbocycles. The van der Waals surface area contributed by atoms with E-state index in [1.165, 1.54) is 12.1 Å². The van der Waals surface area contributed by atoms with Crippen LogP contribution in [0, 0.1) is 0 Å². The predicted octanol–water partition coefficient (Wildman–Crippen LogP) is 1.92. The first-order valence-electron chi connectivity index (χ1n) is 6.62. The van der Waals surface area contributed by atoms with Gasteiger partial charge < -0.3 is 25.6 Å². The van der Waals surface area contributed by atoms with Gasteiger partial charge in [0.1, 0.15) is 17.2 Å². The van der Waals surface area contributed by atoms with Gasteiger partial charge in [-0.15, -0.1) is 0 Å². The van der Waals surface area contributed by atoms with Gasteiger partial charge in [-0.05, 0) is 35.9 Å². The number of phenolic OH excluding ortho intramolecular Hbond substituents is 1. The molecule has 1 amide bonds. The molecule has 0 saturated heterocycles. The van der Waals surface area contributed by atoms with Gasteiger partial charge in [-0.2, -0.15) is 0 Å². The van der Waals surface area contributed by atoms with E-state index in [0.717, 1.165) is 5.56 Å². The lowest BCUT2D eigenvalue weighted by atomic mass is 10.1. The molecule has 0 bridgehead atoms. The van der Waals surface area contributed by atoms with Crippen molar-refractivity contribution in [3.63, 3.8) is 0 Å². The zero-order chi connectivity index (χ0) is 16.1. The van der Waals surface area contributed by atoms with Crippen molar-refractivity contribution in [3.8, 4) is 17.2 Å². The number of ether oxygens (including phenoxy) is 2. The summed E-state index contributed by atoms with van der Waals surface area (Å²) in [5.74, 6) is 0.871. The van der Waals surface area contributed by atoms with Crippen molar-refractivity contribution >= 4 is 11.6 Å². The molecule has 0 fully saturated rings. The normalized spacial score (nSPS) is 10.1. The van der Waals surface area contributed by atoms with Crippen LogP contribution < -0.4 is 20.5 Å². The van der Waals surface area contributed by atoms with E-state index in [9.17, 15) is 9.90 Å². The molecule has 0 aliphatic rings. The lowest BCUT2D eigenvalue weighted by Gasteiger charge is -2.10. The van der Waals surface area contributed by atoms with Crippen LogP contribution in [0.2, 0.25) is 0 Å². The molecule has 2 aromatic carbocycles. The Bertz CT molecular complexity index is 664. The second-order valence-electron chi connectivity index (χ2n) is 4.68. The number of aromatic hydroxyl groups is 1. The van der Waals surface area contributed by atoms with E-state index in [-0.39, 0.29) is 17.3 Å². The smallest absolute Gasteiger partial charge is 0.251 e. The Kier molecular flexibility index (Phi) is 4.73. The summed E-state index contributed by atoms with van der Waals surface area (Å²) >= 11 is 0. The molecule has 0 heterocycles. The van der Waals surface area contributed by atoms with Gasteiger partial charge in [0, 0.05) is 18.2 Å². The molecule has 0 spiro atoms. The number of hydrogen-bond acceptors (Lipinski definition) is 5. The fraction of sp³-hybridized carbons (Fsp3) is 0.188. The standard InChI is InChI=1S/C16H18N2O4/c1-21-12-5-10(6-13(8-12)22-2)9-18-16(20)11-3-4-14(17)15(19)7-11/h3-8,19H,9,17H2,1-2H3,(H,18,20). The number of nitrogens with two attached hydrogens (primary N) is 1. The second-order valence-corrected chi connectivity index (χ2v) is 4.68. The van der Waals surface area contributed by atoms with Crippen LogP contribution in [0.15, 0.2) is 36.4 Å². The minimum atomic E-state index is -0.308. The first-order chi connectivity index (χ1) is 10.5. The average Bonchev–Trinajstić information content (AvgIpc) is 2.54. The molecule has 22 heavy (non-hydrogen) atoms. The van der Waals surface area contributed by atoms with Crippen molar-refractivity contribution in [2.24, 2.45) is 0 Å². The highest BCUT2D eigenvalue weighted by molar-refractivity contribution is 5.95. The van der Waals surface area contributed by atoms with E-state index < -0.39 is 0 Å². The summed E-state index contributed by atoms with van der Waals surface area (Å²) in [7, 11) is 3.13. The van der Waals surface area contributed by atoms with Gasteiger partial charge in [-0.25, -0.2) is 0 Å². The van der Waals surface area contributed by atoms with Crippen LogP contribution in [0.1, 0.15) is 15.9 Å². The van der Waals surface area contributed by atoms with Crippen LogP contribution >= 0.6 is 0 Å². The van der Waals surface area contributed by atoms with Gasteiger partial charge in [-0.1, -0.05) is 0 Å². The zero-order valence-electron chi connectivity index (χ0n) is 12.4. The molecule has 2 aromatic rings. The molecular weight excluding hydrogens is 284 g/mol. The van der Waals surface area contributed by atoms with E-state index >= 15 is 0 Å². The van der Waals surface area contributed by atoms with E-state index in [1.807, 2.05) is 12.1 Å². The maximum absolute atomic E-state index is 12.1. The Hall–Kier alpha value is -2.89. The number of carbonyl (C=O) groups is 1. The summed E-state index contributed by atoms with van der Waals surface area (Å²) < 4.78 is 10.4. The number of carbonyl (C=O) groups excluding carboxylic acids is 1. The van der Waals surface area contributed by atoms with Crippen LogP contribution in [0.25, 0.3) is 0 Å². The first kappa shape index (κ1) is 15.5. The van der Waals surface area contributed by atoms with E-state index in [1.54, 1.807) is 26.4 Å². The summed E-state index contributed by atoms with van der Waals surface area (Å²) in [6, 6.07) is 9.74. The van der Waals surface area contributed by atoms with Gasteiger partial charge in [0.25, 0.3) is 5.91 Å². The highest BCUT2D eigenvalue weighted by Crippen LogP contribution is 2.23. The SMILES string of the molecule is COc1cc(CNC(=O)c2ccc(N)c(O)c2)cc(OC)c1. The Morgan fingerprint density at radius 2 is 1.77 bits per heavy atom. The summed E-state index contributed by atoms with van der Waals surface area (Å²) in [6.45, 7) is 0.303. The number of benzene rings is 2. The van der Waals surface area contributed by atoms with Crippen molar-refractivity contribution in [3.05, 3.63) is 47.5 Å². The Balaban J connectivity index is 2.08. The van der Waals surface area contributed by atoms with Crippen LogP contribution in [0.5, 0.6) is 17.2 Å². The number of nitrogens with one attached hydrogen (secondary N) is 1. The largest absolute Gasteiger partial charge is 0.506 e. The maximum atomic E-state index is 12.1. The number of methoxy groups -OCH3 is 2. The molecule has 0 radical (unpaired) electrons. The molecule has 0 aromatic heterocycles. The quantitative estimate of drug-likeness (QED) is 0.579. The lowest BCUT2D eigenvalue weighted by Crippen LogP contribution is -2.22. The molecule has 2 rings (SSSR count). The number of rotatable bonds is 5. The maximum Gasteiger partial charge on any atom is 0.251 e. The van der Waals surface area contributed by atoms with Crippen molar-refractivity contribution in [1.82, 2.24) is 5.32 Å². The van der Waals surface area contributed by atoms with Gasteiger partial charge in [0.2, 0.25) is 0 Å². The van der Waals surface area contributed by atoms with Crippen molar-refractivity contribution in [2.75, 3.05) is 20.0 Å². The summed E-state index contributed by atoms with van der Waals surface area (Å²) in [4.78, 5) is 12.1. The monoisotopic (exact) mass is 302 g/mol. The molecule has 116 valence electrons. The van der Waals surface area contributed by atoms with Gasteiger partial charge in [0.05, 0.1) is 19.9 Å².